The van der Waals surface area contributed by atoms with Gasteiger partial charge in [-0.1, -0.05) is 46.3 Å². The first-order valence-corrected chi connectivity index (χ1v) is 14.0. The predicted molar refractivity (Wildman–Crippen MR) is 142 cm³/mol. The van der Waals surface area contributed by atoms with Crippen LogP contribution in [0.5, 0.6) is 0 Å². The molecule has 0 radical (unpaired) electrons. The van der Waals surface area contributed by atoms with Crippen LogP contribution in [-0.2, 0) is 27.1 Å². The molecule has 1 aliphatic rings. The smallest absolute Gasteiger partial charge is 0.253 e. The zero-order chi connectivity index (χ0) is 25.5. The molecule has 3 aromatic rings. The van der Waals surface area contributed by atoms with E-state index in [4.69, 9.17) is 0 Å². The van der Waals surface area contributed by atoms with Gasteiger partial charge in [0.25, 0.3) is 5.91 Å². The first kappa shape index (κ1) is 26.0. The number of sulfonamides is 1. The van der Waals surface area contributed by atoms with Crippen molar-refractivity contribution >= 4 is 43.5 Å². The summed E-state index contributed by atoms with van der Waals surface area (Å²) >= 11 is 3.37. The lowest BCUT2D eigenvalue weighted by Crippen LogP contribution is -2.42. The van der Waals surface area contributed by atoms with Crippen LogP contribution in [-0.4, -0.2) is 42.6 Å². The maximum Gasteiger partial charge on any atom is 0.253 e. The van der Waals surface area contributed by atoms with E-state index in [2.05, 4.69) is 31.5 Å². The number of rotatable bonds is 8. The third-order valence-corrected chi connectivity index (χ3v) is 8.40. The number of benzene rings is 2. The largest absolute Gasteiger partial charge is 0.348 e. The van der Waals surface area contributed by atoms with Crippen molar-refractivity contribution < 1.29 is 18.0 Å². The van der Waals surface area contributed by atoms with Crippen LogP contribution < -0.4 is 10.6 Å². The number of pyridine rings is 1. The molecule has 0 spiro atoms. The van der Waals surface area contributed by atoms with Gasteiger partial charge in [0.05, 0.1) is 17.0 Å². The second-order valence-corrected chi connectivity index (χ2v) is 11.5. The van der Waals surface area contributed by atoms with Crippen LogP contribution in [0.25, 0.3) is 0 Å². The molecule has 2 heterocycles. The monoisotopic (exact) mass is 570 g/mol. The predicted octanol–water partition coefficient (Wildman–Crippen LogP) is 3.95. The van der Waals surface area contributed by atoms with E-state index in [1.165, 1.54) is 4.31 Å². The lowest BCUT2D eigenvalue weighted by atomic mass is 9.97. The number of nitrogens with zero attached hydrogens (tertiary/aromatic N) is 2. The maximum absolute atomic E-state index is 13.0. The highest BCUT2D eigenvalue weighted by molar-refractivity contribution is 9.10. The number of carbonyl (C=O) groups excluding carboxylic acids is 2. The topological polar surface area (TPSA) is 108 Å². The van der Waals surface area contributed by atoms with Crippen LogP contribution in [0.3, 0.4) is 0 Å². The molecule has 0 atom stereocenters. The molecule has 8 nitrogen and oxygen atoms in total. The van der Waals surface area contributed by atoms with Crippen LogP contribution in [0, 0.1) is 5.92 Å². The minimum Gasteiger partial charge on any atom is -0.348 e. The fourth-order valence-electron chi connectivity index (χ4n) is 4.13. The van der Waals surface area contributed by atoms with E-state index in [0.29, 0.717) is 36.2 Å². The Hall–Kier alpha value is -3.08. The number of halogens is 1. The Morgan fingerprint density at radius 1 is 1.00 bits per heavy atom. The van der Waals surface area contributed by atoms with Crippen LogP contribution >= 0.6 is 15.9 Å². The molecule has 188 valence electrons. The Labute approximate surface area is 219 Å². The average molecular weight is 571 g/mol. The number of carbonyl (C=O) groups is 2. The molecule has 10 heteroatoms. The zero-order valence-corrected chi connectivity index (χ0v) is 22.0. The molecule has 1 saturated heterocycles. The highest BCUT2D eigenvalue weighted by atomic mass is 79.9. The van der Waals surface area contributed by atoms with E-state index < -0.39 is 10.0 Å². The quantitative estimate of drug-likeness (QED) is 0.426. The van der Waals surface area contributed by atoms with Gasteiger partial charge in [0, 0.05) is 42.4 Å². The number of amides is 2. The molecule has 2 aromatic carbocycles. The highest BCUT2D eigenvalue weighted by Crippen LogP contribution is 2.25. The SMILES string of the molecule is O=C(NCc1cccnc1)c1ccccc1NC(=O)C1CCN(S(=O)(=O)Cc2cccc(Br)c2)CC1. The zero-order valence-electron chi connectivity index (χ0n) is 19.6. The fourth-order valence-corrected chi connectivity index (χ4v) is 6.13. The van der Waals surface area contributed by atoms with Gasteiger partial charge in [0.2, 0.25) is 15.9 Å². The van der Waals surface area contributed by atoms with Crippen molar-refractivity contribution in [1.82, 2.24) is 14.6 Å². The van der Waals surface area contributed by atoms with E-state index >= 15 is 0 Å². The van der Waals surface area contributed by atoms with Crippen molar-refractivity contribution in [2.75, 3.05) is 18.4 Å². The second kappa shape index (κ2) is 11.8. The Morgan fingerprint density at radius 3 is 2.47 bits per heavy atom. The molecular formula is C26H27BrN4O4S. The lowest BCUT2D eigenvalue weighted by molar-refractivity contribution is -0.120. The number of anilines is 1. The minimum absolute atomic E-state index is 0.0785. The lowest BCUT2D eigenvalue weighted by Gasteiger charge is -2.30. The summed E-state index contributed by atoms with van der Waals surface area (Å²) in [7, 11) is -3.48. The Morgan fingerprint density at radius 2 is 1.75 bits per heavy atom. The molecule has 1 aromatic heterocycles. The number of hydrogen-bond acceptors (Lipinski definition) is 5. The van der Waals surface area contributed by atoms with Gasteiger partial charge in [0.1, 0.15) is 0 Å². The fraction of sp³-hybridized carbons (Fsp3) is 0.269. The van der Waals surface area contributed by atoms with Crippen LogP contribution in [0.4, 0.5) is 5.69 Å². The summed E-state index contributed by atoms with van der Waals surface area (Å²) in [5, 5.41) is 5.72. The first-order chi connectivity index (χ1) is 17.3. The molecule has 2 amide bonds. The number of nitrogens with one attached hydrogen (secondary N) is 2. The van der Waals surface area contributed by atoms with Crippen LogP contribution in [0.1, 0.15) is 34.3 Å². The van der Waals surface area contributed by atoms with Gasteiger partial charge in [-0.2, -0.15) is 0 Å². The van der Waals surface area contributed by atoms with Gasteiger partial charge in [-0.15, -0.1) is 0 Å². The Bertz CT molecular complexity index is 1330. The van der Waals surface area contributed by atoms with E-state index in [1.54, 1.807) is 54.9 Å². The minimum atomic E-state index is -3.48. The van der Waals surface area contributed by atoms with Crippen molar-refractivity contribution in [3.05, 3.63) is 94.2 Å². The van der Waals surface area contributed by atoms with Gasteiger partial charge >= 0.3 is 0 Å². The molecule has 0 bridgehead atoms. The van der Waals surface area contributed by atoms with E-state index in [0.717, 1.165) is 10.0 Å². The molecular weight excluding hydrogens is 544 g/mol. The third-order valence-electron chi connectivity index (χ3n) is 6.06. The highest BCUT2D eigenvalue weighted by Gasteiger charge is 2.31. The first-order valence-electron chi connectivity index (χ1n) is 11.6. The van der Waals surface area contributed by atoms with Gasteiger partial charge < -0.3 is 10.6 Å². The molecule has 1 fully saturated rings. The van der Waals surface area contributed by atoms with E-state index in [1.807, 2.05) is 18.2 Å². The molecule has 0 saturated carbocycles. The summed E-state index contributed by atoms with van der Waals surface area (Å²) in [5.41, 5.74) is 2.37. The maximum atomic E-state index is 13.0. The summed E-state index contributed by atoms with van der Waals surface area (Å²) in [4.78, 5) is 29.8. The second-order valence-electron chi connectivity index (χ2n) is 8.64. The standard InChI is InChI=1S/C26H27BrN4O4S/c27-22-7-3-5-19(15-22)18-36(34,35)31-13-10-21(11-14-31)25(32)30-24-9-2-1-8-23(24)26(33)29-17-20-6-4-12-28-16-20/h1-9,12,15-16,21H,10-11,13-14,17-18H2,(H,29,33)(H,30,32). The normalized spacial score (nSPS) is 14.8. The van der Waals surface area contributed by atoms with Crippen molar-refractivity contribution in [2.45, 2.75) is 25.1 Å². The molecule has 36 heavy (non-hydrogen) atoms. The van der Waals surface area contributed by atoms with E-state index in [-0.39, 0.29) is 36.6 Å². The van der Waals surface area contributed by atoms with Gasteiger partial charge in [-0.05, 0) is 54.3 Å². The number of piperidine rings is 1. The van der Waals surface area contributed by atoms with E-state index in [9.17, 15) is 18.0 Å². The molecule has 4 rings (SSSR count). The van der Waals surface area contributed by atoms with Crippen LogP contribution in [0.15, 0.2) is 77.5 Å². The van der Waals surface area contributed by atoms with Gasteiger partial charge in [0.15, 0.2) is 0 Å². The molecule has 0 aliphatic carbocycles. The summed E-state index contributed by atoms with van der Waals surface area (Å²) in [6, 6.07) is 17.7. The van der Waals surface area contributed by atoms with Crippen molar-refractivity contribution in [3.63, 3.8) is 0 Å². The Balaban J connectivity index is 1.33. The van der Waals surface area contributed by atoms with Crippen LogP contribution in [0.2, 0.25) is 0 Å². The summed E-state index contributed by atoms with van der Waals surface area (Å²) < 4.78 is 28.0. The third kappa shape index (κ3) is 6.77. The summed E-state index contributed by atoms with van der Waals surface area (Å²) in [5.74, 6) is -0.936. The number of para-hydroxylation sites is 1. The van der Waals surface area contributed by atoms with Crippen molar-refractivity contribution in [1.29, 1.82) is 0 Å². The number of aromatic nitrogens is 1. The van der Waals surface area contributed by atoms with Gasteiger partial charge in [-0.3, -0.25) is 14.6 Å². The number of hydrogen-bond donors (Lipinski definition) is 2. The summed E-state index contributed by atoms with van der Waals surface area (Å²) in [6.07, 6.45) is 4.18. The van der Waals surface area contributed by atoms with Gasteiger partial charge in [-0.25, -0.2) is 12.7 Å². The van der Waals surface area contributed by atoms with Crippen molar-refractivity contribution in [2.24, 2.45) is 5.92 Å². The molecule has 2 N–H and O–H groups in total. The van der Waals surface area contributed by atoms with Crippen molar-refractivity contribution in [3.8, 4) is 0 Å². The Kier molecular flexibility index (Phi) is 8.50. The molecule has 0 unspecified atom stereocenters. The summed E-state index contributed by atoms with van der Waals surface area (Å²) in [6.45, 7) is 0.880. The average Bonchev–Trinajstić information content (AvgIpc) is 2.88. The molecule has 1 aliphatic heterocycles.